The Morgan fingerprint density at radius 3 is 2.45 bits per heavy atom. The Balaban J connectivity index is 1.85. The normalized spacial score (nSPS) is 15.4. The molecule has 1 aliphatic rings. The molecule has 1 aromatic carbocycles. The van der Waals surface area contributed by atoms with Gasteiger partial charge in [0.25, 0.3) is 0 Å². The zero-order chi connectivity index (χ0) is 13.9. The third-order valence-electron chi connectivity index (χ3n) is 3.30. The highest BCUT2D eigenvalue weighted by Gasteiger charge is 2.13. The summed E-state index contributed by atoms with van der Waals surface area (Å²) in [5, 5.41) is 13.1. The zero-order valence-electron chi connectivity index (χ0n) is 10.8. The SMILES string of the molecule is Clc1ccc(-c2ccc(N3CCNCC3)nn2)c(Cl)c1. The summed E-state index contributed by atoms with van der Waals surface area (Å²) >= 11 is 12.1. The van der Waals surface area contributed by atoms with Crippen LogP contribution < -0.4 is 10.2 Å². The molecule has 3 rings (SSSR count). The largest absolute Gasteiger partial charge is 0.353 e. The maximum atomic E-state index is 6.18. The summed E-state index contributed by atoms with van der Waals surface area (Å²) < 4.78 is 0. The monoisotopic (exact) mass is 308 g/mol. The van der Waals surface area contributed by atoms with Crippen LogP contribution in [0, 0.1) is 0 Å². The van der Waals surface area contributed by atoms with E-state index in [2.05, 4.69) is 20.4 Å². The van der Waals surface area contributed by atoms with Gasteiger partial charge in [0.05, 0.1) is 10.7 Å². The molecule has 0 unspecified atom stereocenters. The van der Waals surface area contributed by atoms with Crippen molar-refractivity contribution in [1.29, 1.82) is 0 Å². The summed E-state index contributed by atoms with van der Waals surface area (Å²) in [6.07, 6.45) is 0. The minimum absolute atomic E-state index is 0.585. The zero-order valence-corrected chi connectivity index (χ0v) is 12.3. The number of aromatic nitrogens is 2. The van der Waals surface area contributed by atoms with Crippen LogP contribution in [-0.4, -0.2) is 36.4 Å². The van der Waals surface area contributed by atoms with E-state index in [9.17, 15) is 0 Å². The van der Waals surface area contributed by atoms with Gasteiger partial charge in [-0.2, -0.15) is 0 Å². The third-order valence-corrected chi connectivity index (χ3v) is 3.85. The first kappa shape index (κ1) is 13.6. The first-order valence-corrected chi connectivity index (χ1v) is 7.24. The van der Waals surface area contributed by atoms with Gasteiger partial charge in [0, 0.05) is 36.8 Å². The van der Waals surface area contributed by atoms with Gasteiger partial charge in [0.15, 0.2) is 5.82 Å². The highest BCUT2D eigenvalue weighted by atomic mass is 35.5. The predicted molar refractivity (Wildman–Crippen MR) is 82.6 cm³/mol. The maximum absolute atomic E-state index is 6.18. The average Bonchev–Trinajstić information content (AvgIpc) is 2.48. The van der Waals surface area contributed by atoms with E-state index in [-0.39, 0.29) is 0 Å². The van der Waals surface area contributed by atoms with Gasteiger partial charge in [-0.25, -0.2) is 0 Å². The van der Waals surface area contributed by atoms with Crippen molar-refractivity contribution in [3.63, 3.8) is 0 Å². The second kappa shape index (κ2) is 5.95. The molecule has 0 bridgehead atoms. The number of anilines is 1. The number of nitrogens with one attached hydrogen (secondary N) is 1. The van der Waals surface area contributed by atoms with Crippen molar-refractivity contribution < 1.29 is 0 Å². The quantitative estimate of drug-likeness (QED) is 0.926. The van der Waals surface area contributed by atoms with Crippen molar-refractivity contribution in [3.05, 3.63) is 40.4 Å². The smallest absolute Gasteiger partial charge is 0.151 e. The predicted octanol–water partition coefficient (Wildman–Crippen LogP) is 2.86. The van der Waals surface area contributed by atoms with Crippen molar-refractivity contribution in [2.75, 3.05) is 31.1 Å². The lowest BCUT2D eigenvalue weighted by atomic mass is 10.1. The molecule has 0 spiro atoms. The van der Waals surface area contributed by atoms with Crippen LogP contribution in [0.15, 0.2) is 30.3 Å². The van der Waals surface area contributed by atoms with Gasteiger partial charge in [-0.05, 0) is 30.3 Å². The van der Waals surface area contributed by atoms with Crippen LogP contribution in [0.3, 0.4) is 0 Å². The first-order valence-electron chi connectivity index (χ1n) is 6.49. The molecule has 6 heteroatoms. The van der Waals surface area contributed by atoms with Crippen LogP contribution in [0.1, 0.15) is 0 Å². The van der Waals surface area contributed by atoms with Crippen molar-refractivity contribution >= 4 is 29.0 Å². The van der Waals surface area contributed by atoms with E-state index in [4.69, 9.17) is 23.2 Å². The minimum atomic E-state index is 0.585. The Kier molecular flexibility index (Phi) is 4.05. The molecule has 0 aliphatic carbocycles. The number of benzene rings is 1. The van der Waals surface area contributed by atoms with Crippen LogP contribution in [-0.2, 0) is 0 Å². The molecule has 1 aromatic heterocycles. The third kappa shape index (κ3) is 2.87. The molecule has 0 atom stereocenters. The van der Waals surface area contributed by atoms with Gasteiger partial charge in [-0.1, -0.05) is 23.2 Å². The van der Waals surface area contributed by atoms with Crippen LogP contribution in [0.5, 0.6) is 0 Å². The Labute approximate surface area is 127 Å². The van der Waals surface area contributed by atoms with Crippen molar-refractivity contribution in [2.45, 2.75) is 0 Å². The van der Waals surface area contributed by atoms with E-state index in [0.29, 0.717) is 10.0 Å². The van der Waals surface area contributed by atoms with E-state index >= 15 is 0 Å². The molecule has 0 saturated carbocycles. The number of hydrogen-bond acceptors (Lipinski definition) is 4. The molecule has 1 N–H and O–H groups in total. The lowest BCUT2D eigenvalue weighted by molar-refractivity contribution is 0.583. The summed E-state index contributed by atoms with van der Waals surface area (Å²) in [5.41, 5.74) is 1.60. The van der Waals surface area contributed by atoms with E-state index in [1.807, 2.05) is 18.2 Å². The topological polar surface area (TPSA) is 41.0 Å². The Hall–Kier alpha value is -1.36. The second-order valence-corrected chi connectivity index (χ2v) is 5.48. The molecule has 104 valence electrons. The van der Waals surface area contributed by atoms with Gasteiger partial charge in [-0.3, -0.25) is 0 Å². The molecular formula is C14H14Cl2N4. The van der Waals surface area contributed by atoms with Crippen LogP contribution in [0.4, 0.5) is 5.82 Å². The number of nitrogens with zero attached hydrogens (tertiary/aromatic N) is 3. The molecule has 0 radical (unpaired) electrons. The number of piperazine rings is 1. The van der Waals surface area contributed by atoms with Gasteiger partial charge < -0.3 is 10.2 Å². The fourth-order valence-electron chi connectivity index (χ4n) is 2.23. The molecule has 1 fully saturated rings. The van der Waals surface area contributed by atoms with Gasteiger partial charge in [-0.15, -0.1) is 10.2 Å². The standard InChI is InChI=1S/C14H14Cl2N4/c15-10-1-2-11(12(16)9-10)13-3-4-14(19-18-13)20-7-5-17-6-8-20/h1-4,9,17H,5-8H2. The van der Waals surface area contributed by atoms with Crippen LogP contribution in [0.25, 0.3) is 11.3 Å². The van der Waals surface area contributed by atoms with E-state index in [0.717, 1.165) is 43.3 Å². The number of rotatable bonds is 2. The Morgan fingerprint density at radius 1 is 1.00 bits per heavy atom. The van der Waals surface area contributed by atoms with E-state index in [1.165, 1.54) is 0 Å². The molecule has 0 amide bonds. The molecule has 1 saturated heterocycles. The van der Waals surface area contributed by atoms with Crippen molar-refractivity contribution in [2.24, 2.45) is 0 Å². The summed E-state index contributed by atoms with van der Waals surface area (Å²) in [4.78, 5) is 2.22. The minimum Gasteiger partial charge on any atom is -0.353 e. The van der Waals surface area contributed by atoms with E-state index in [1.54, 1.807) is 12.1 Å². The summed E-state index contributed by atoms with van der Waals surface area (Å²) in [7, 11) is 0. The average molecular weight is 309 g/mol. The first-order chi connectivity index (χ1) is 9.74. The van der Waals surface area contributed by atoms with Crippen LogP contribution in [0.2, 0.25) is 10.0 Å². The maximum Gasteiger partial charge on any atom is 0.151 e. The molecular weight excluding hydrogens is 295 g/mol. The second-order valence-electron chi connectivity index (χ2n) is 4.64. The summed E-state index contributed by atoms with van der Waals surface area (Å²) in [6.45, 7) is 3.87. The summed E-state index contributed by atoms with van der Waals surface area (Å²) in [6, 6.07) is 9.30. The Morgan fingerprint density at radius 2 is 1.80 bits per heavy atom. The van der Waals surface area contributed by atoms with Crippen LogP contribution >= 0.6 is 23.2 Å². The molecule has 4 nitrogen and oxygen atoms in total. The fraction of sp³-hybridized carbons (Fsp3) is 0.286. The number of halogens is 2. The molecule has 1 aliphatic heterocycles. The van der Waals surface area contributed by atoms with Gasteiger partial charge in [0.2, 0.25) is 0 Å². The fourth-order valence-corrected chi connectivity index (χ4v) is 2.73. The number of hydrogen-bond donors (Lipinski definition) is 1. The Bertz CT molecular complexity index is 595. The lowest BCUT2D eigenvalue weighted by Gasteiger charge is -2.27. The lowest BCUT2D eigenvalue weighted by Crippen LogP contribution is -2.43. The van der Waals surface area contributed by atoms with Crippen molar-refractivity contribution in [3.8, 4) is 11.3 Å². The van der Waals surface area contributed by atoms with E-state index < -0.39 is 0 Å². The van der Waals surface area contributed by atoms with Gasteiger partial charge >= 0.3 is 0 Å². The summed E-state index contributed by atoms with van der Waals surface area (Å²) in [5.74, 6) is 0.903. The highest BCUT2D eigenvalue weighted by Crippen LogP contribution is 2.29. The van der Waals surface area contributed by atoms with Crippen molar-refractivity contribution in [1.82, 2.24) is 15.5 Å². The molecule has 2 aromatic rings. The molecule has 20 heavy (non-hydrogen) atoms. The van der Waals surface area contributed by atoms with Gasteiger partial charge in [0.1, 0.15) is 0 Å². The highest BCUT2D eigenvalue weighted by molar-refractivity contribution is 6.36. The molecule has 2 heterocycles.